The number of epoxide rings is 1. The van der Waals surface area contributed by atoms with Crippen molar-refractivity contribution in [3.63, 3.8) is 0 Å². The van der Waals surface area contributed by atoms with Crippen LogP contribution in [0.15, 0.2) is 36.0 Å². The normalized spacial score (nSPS) is 44.2. The zero-order valence-electron chi connectivity index (χ0n) is 14.9. The van der Waals surface area contributed by atoms with Gasteiger partial charge in [0.15, 0.2) is 6.10 Å². The molecule has 0 radical (unpaired) electrons. The number of rotatable bonds is 2. The van der Waals surface area contributed by atoms with E-state index < -0.39 is 6.10 Å². The molecular formula is C20H24O5. The van der Waals surface area contributed by atoms with E-state index in [0.29, 0.717) is 5.57 Å². The molecule has 2 aliphatic carbocycles. The Hall–Kier alpha value is -1.88. The van der Waals surface area contributed by atoms with Gasteiger partial charge in [0, 0.05) is 28.9 Å². The van der Waals surface area contributed by atoms with Gasteiger partial charge in [-0.15, -0.1) is 0 Å². The van der Waals surface area contributed by atoms with Gasteiger partial charge in [0.05, 0.1) is 6.10 Å². The van der Waals surface area contributed by atoms with E-state index in [1.54, 1.807) is 0 Å². The van der Waals surface area contributed by atoms with Gasteiger partial charge in [0.1, 0.15) is 12.2 Å². The van der Waals surface area contributed by atoms with Crippen LogP contribution in [0.3, 0.4) is 0 Å². The van der Waals surface area contributed by atoms with E-state index in [1.165, 1.54) is 6.08 Å². The number of ether oxygens (including phenoxy) is 3. The maximum Gasteiger partial charge on any atom is 0.334 e. The smallest absolute Gasteiger partial charge is 0.334 e. The first kappa shape index (κ1) is 16.6. The molecule has 0 amide bonds. The summed E-state index contributed by atoms with van der Waals surface area (Å²) in [6, 6.07) is 0. The summed E-state index contributed by atoms with van der Waals surface area (Å²) in [4.78, 5) is 24.1. The first-order valence-electron chi connectivity index (χ1n) is 8.83. The predicted molar refractivity (Wildman–Crippen MR) is 90.5 cm³/mol. The lowest BCUT2D eigenvalue weighted by atomic mass is 9.55. The minimum Gasteiger partial charge on any atom is -0.458 e. The number of carbonyl (C=O) groups is 2. The molecule has 0 aromatic heterocycles. The first-order chi connectivity index (χ1) is 11.7. The molecule has 0 unspecified atom stereocenters. The molecule has 4 rings (SSSR count). The molecule has 0 aromatic carbocycles. The van der Waals surface area contributed by atoms with Crippen LogP contribution >= 0.6 is 0 Å². The molecule has 25 heavy (non-hydrogen) atoms. The Morgan fingerprint density at radius 2 is 2.04 bits per heavy atom. The summed E-state index contributed by atoms with van der Waals surface area (Å²) < 4.78 is 17.2. The lowest BCUT2D eigenvalue weighted by Gasteiger charge is -2.49. The summed E-state index contributed by atoms with van der Waals surface area (Å²) >= 11 is 0. The number of hydrogen-bond donors (Lipinski definition) is 0. The molecular weight excluding hydrogens is 320 g/mol. The minimum absolute atomic E-state index is 0.0148. The standard InChI is InChI=1S/C20H24O5/c1-9(2)8-13(21)23-15-11(4)14-16-12(10(3)19(22)25-16)6-7-20(14,5)18-17(15)24-18/h8,12,14-18H,3-4,6-7H2,1-2,5H3/t12-,14-,15+,16+,17+,18+,20-/m0/s1. The molecule has 2 heterocycles. The molecule has 0 bridgehead atoms. The SMILES string of the molecule is C=C1C(=O)O[C@@H]2[C@H]1CC[C@]1(C)[C@@H]3O[C@@H]3[C@H](OC(=O)C=C(C)C)C(=C)[C@@H]21. The second-order valence-corrected chi connectivity index (χ2v) is 8.20. The van der Waals surface area contributed by atoms with Crippen molar-refractivity contribution in [2.75, 3.05) is 0 Å². The molecule has 2 saturated carbocycles. The second kappa shape index (κ2) is 5.31. The Morgan fingerprint density at radius 3 is 2.72 bits per heavy atom. The van der Waals surface area contributed by atoms with Gasteiger partial charge in [-0.25, -0.2) is 9.59 Å². The predicted octanol–water partition coefficient (Wildman–Crippen LogP) is 2.72. The highest BCUT2D eigenvalue weighted by molar-refractivity contribution is 5.91. The van der Waals surface area contributed by atoms with Crippen LogP contribution in [0.2, 0.25) is 0 Å². The van der Waals surface area contributed by atoms with Gasteiger partial charge in [-0.2, -0.15) is 0 Å². The topological polar surface area (TPSA) is 65.1 Å². The Balaban J connectivity index is 1.63. The number of allylic oxidation sites excluding steroid dienone is 1. The monoisotopic (exact) mass is 344 g/mol. The zero-order chi connectivity index (χ0) is 18.1. The number of esters is 2. The molecule has 2 aliphatic heterocycles. The quantitative estimate of drug-likeness (QED) is 0.333. The number of hydrogen-bond acceptors (Lipinski definition) is 5. The number of fused-ring (bicyclic) bond motifs is 5. The maximum absolute atomic E-state index is 12.1. The Labute approximate surface area is 147 Å². The van der Waals surface area contributed by atoms with Crippen LogP contribution in [-0.4, -0.2) is 36.4 Å². The van der Waals surface area contributed by atoms with Crippen molar-refractivity contribution in [2.45, 2.75) is 58.0 Å². The first-order valence-corrected chi connectivity index (χ1v) is 8.83. The van der Waals surface area contributed by atoms with Crippen molar-refractivity contribution in [1.82, 2.24) is 0 Å². The average Bonchev–Trinajstić information content (AvgIpc) is 3.26. The van der Waals surface area contributed by atoms with Crippen LogP contribution in [0.4, 0.5) is 0 Å². The number of carbonyl (C=O) groups excluding carboxylic acids is 2. The van der Waals surface area contributed by atoms with Crippen LogP contribution in [-0.2, 0) is 23.8 Å². The van der Waals surface area contributed by atoms with Gasteiger partial charge in [-0.1, -0.05) is 25.7 Å². The van der Waals surface area contributed by atoms with E-state index in [4.69, 9.17) is 14.2 Å². The molecule has 7 atom stereocenters. The highest BCUT2D eigenvalue weighted by atomic mass is 16.6. The Morgan fingerprint density at radius 1 is 1.32 bits per heavy atom. The maximum atomic E-state index is 12.1. The molecule has 4 fully saturated rings. The van der Waals surface area contributed by atoms with Crippen LogP contribution in [0.1, 0.15) is 33.6 Å². The van der Waals surface area contributed by atoms with Crippen molar-refractivity contribution >= 4 is 11.9 Å². The summed E-state index contributed by atoms with van der Waals surface area (Å²) in [6.45, 7) is 14.0. The van der Waals surface area contributed by atoms with Crippen molar-refractivity contribution < 1.29 is 23.8 Å². The Kier molecular flexibility index (Phi) is 3.52. The molecule has 0 aromatic rings. The van der Waals surface area contributed by atoms with Crippen molar-refractivity contribution in [1.29, 1.82) is 0 Å². The summed E-state index contributed by atoms with van der Waals surface area (Å²) in [5, 5.41) is 0. The van der Waals surface area contributed by atoms with Crippen LogP contribution in [0, 0.1) is 17.3 Å². The largest absolute Gasteiger partial charge is 0.458 e. The van der Waals surface area contributed by atoms with Crippen LogP contribution < -0.4 is 0 Å². The Bertz CT molecular complexity index is 716. The third kappa shape index (κ3) is 2.32. The van der Waals surface area contributed by atoms with E-state index in [9.17, 15) is 9.59 Å². The van der Waals surface area contributed by atoms with Crippen molar-refractivity contribution in [3.05, 3.63) is 36.0 Å². The molecule has 134 valence electrons. The van der Waals surface area contributed by atoms with Crippen molar-refractivity contribution in [3.8, 4) is 0 Å². The third-order valence-corrected chi connectivity index (χ3v) is 6.27. The average molecular weight is 344 g/mol. The molecule has 5 nitrogen and oxygen atoms in total. The highest BCUT2D eigenvalue weighted by Gasteiger charge is 2.69. The summed E-state index contributed by atoms with van der Waals surface area (Å²) in [7, 11) is 0. The zero-order valence-corrected chi connectivity index (χ0v) is 14.9. The highest BCUT2D eigenvalue weighted by Crippen LogP contribution is 2.63. The van der Waals surface area contributed by atoms with Crippen LogP contribution in [0.5, 0.6) is 0 Å². The molecule has 5 heteroatoms. The van der Waals surface area contributed by atoms with Gasteiger partial charge >= 0.3 is 11.9 Å². The summed E-state index contributed by atoms with van der Waals surface area (Å²) in [5.74, 6) is -0.761. The summed E-state index contributed by atoms with van der Waals surface area (Å²) in [6.07, 6.45) is 2.37. The van der Waals surface area contributed by atoms with E-state index in [-0.39, 0.29) is 47.5 Å². The van der Waals surface area contributed by atoms with Gasteiger partial charge in [-0.3, -0.25) is 0 Å². The van der Waals surface area contributed by atoms with E-state index in [1.807, 2.05) is 13.8 Å². The minimum atomic E-state index is -0.488. The molecule has 4 aliphatic rings. The summed E-state index contributed by atoms with van der Waals surface area (Å²) in [5.41, 5.74) is 2.08. The van der Waals surface area contributed by atoms with Gasteiger partial charge in [0.25, 0.3) is 0 Å². The van der Waals surface area contributed by atoms with Crippen molar-refractivity contribution in [2.24, 2.45) is 17.3 Å². The van der Waals surface area contributed by atoms with Crippen LogP contribution in [0.25, 0.3) is 0 Å². The van der Waals surface area contributed by atoms with E-state index in [2.05, 4.69) is 20.1 Å². The lowest BCUT2D eigenvalue weighted by molar-refractivity contribution is -0.150. The third-order valence-electron chi connectivity index (χ3n) is 6.27. The molecule has 2 saturated heterocycles. The fraction of sp³-hybridized carbons (Fsp3) is 0.600. The van der Waals surface area contributed by atoms with Gasteiger partial charge in [-0.05, 0) is 32.3 Å². The fourth-order valence-electron chi connectivity index (χ4n) is 5.03. The van der Waals surface area contributed by atoms with E-state index >= 15 is 0 Å². The lowest BCUT2D eigenvalue weighted by Crippen LogP contribution is -2.54. The fourth-order valence-corrected chi connectivity index (χ4v) is 5.03. The van der Waals surface area contributed by atoms with Gasteiger partial charge < -0.3 is 14.2 Å². The molecule has 0 spiro atoms. The van der Waals surface area contributed by atoms with Gasteiger partial charge in [0.2, 0.25) is 0 Å². The molecule has 0 N–H and O–H groups in total. The van der Waals surface area contributed by atoms with E-state index in [0.717, 1.165) is 24.0 Å². The second-order valence-electron chi connectivity index (χ2n) is 8.20.